The number of rotatable bonds is 3. The van der Waals surface area contributed by atoms with Gasteiger partial charge in [-0.2, -0.15) is 4.98 Å². The highest BCUT2D eigenvalue weighted by atomic mass is 16.5. The smallest absolute Gasteiger partial charge is 0.223 e. The first-order valence-electron chi connectivity index (χ1n) is 8.90. The standard InChI is InChI=1S/C19H23N3O2/c1-13-20-19(21-24-13)17-10-5-11-22(17)18(23)12-15-8-4-7-14-6-2-3-9-16(14)15/h2-3,6,9,15,17H,4-5,7-8,10-12H2,1H3/t15-,17-/m0/s1. The number of aromatic nitrogens is 2. The van der Waals surface area contributed by atoms with Crippen LogP contribution in [-0.4, -0.2) is 27.5 Å². The van der Waals surface area contributed by atoms with Gasteiger partial charge in [-0.05, 0) is 49.1 Å². The lowest BCUT2D eigenvalue weighted by molar-refractivity contribution is -0.132. The minimum absolute atomic E-state index is 0.0196. The third-order valence-electron chi connectivity index (χ3n) is 5.33. The zero-order valence-electron chi connectivity index (χ0n) is 14.1. The van der Waals surface area contributed by atoms with Gasteiger partial charge in [0.15, 0.2) is 5.82 Å². The summed E-state index contributed by atoms with van der Waals surface area (Å²) in [4.78, 5) is 19.2. The highest BCUT2D eigenvalue weighted by molar-refractivity contribution is 5.78. The minimum Gasteiger partial charge on any atom is -0.340 e. The molecule has 2 atom stereocenters. The van der Waals surface area contributed by atoms with Gasteiger partial charge >= 0.3 is 0 Å². The van der Waals surface area contributed by atoms with Crippen molar-refractivity contribution in [3.63, 3.8) is 0 Å². The molecule has 0 N–H and O–H groups in total. The maximum Gasteiger partial charge on any atom is 0.223 e. The number of aryl methyl sites for hydroxylation is 2. The number of nitrogens with zero attached hydrogens (tertiary/aromatic N) is 3. The highest BCUT2D eigenvalue weighted by Crippen LogP contribution is 2.37. The van der Waals surface area contributed by atoms with Gasteiger partial charge in [0.1, 0.15) is 0 Å². The number of benzene rings is 1. The number of carbonyl (C=O) groups is 1. The Morgan fingerprint density at radius 2 is 2.17 bits per heavy atom. The Morgan fingerprint density at radius 1 is 1.29 bits per heavy atom. The highest BCUT2D eigenvalue weighted by Gasteiger charge is 2.34. The largest absolute Gasteiger partial charge is 0.340 e. The van der Waals surface area contributed by atoms with Gasteiger partial charge in [0, 0.05) is 19.9 Å². The zero-order chi connectivity index (χ0) is 16.5. The van der Waals surface area contributed by atoms with E-state index < -0.39 is 0 Å². The molecule has 2 aromatic rings. The number of carbonyl (C=O) groups excluding carboxylic acids is 1. The van der Waals surface area contributed by atoms with E-state index in [-0.39, 0.29) is 11.9 Å². The van der Waals surface area contributed by atoms with Crippen LogP contribution in [0, 0.1) is 6.92 Å². The molecule has 5 nitrogen and oxygen atoms in total. The number of hydrogen-bond acceptors (Lipinski definition) is 4. The maximum atomic E-state index is 13.0. The van der Waals surface area contributed by atoms with Crippen molar-refractivity contribution in [1.82, 2.24) is 15.0 Å². The molecule has 0 bridgehead atoms. The summed E-state index contributed by atoms with van der Waals surface area (Å²) in [7, 11) is 0. The summed E-state index contributed by atoms with van der Waals surface area (Å²) in [6.07, 6.45) is 5.92. The van der Waals surface area contributed by atoms with E-state index in [4.69, 9.17) is 4.52 Å². The summed E-state index contributed by atoms with van der Waals surface area (Å²) in [6.45, 7) is 2.59. The van der Waals surface area contributed by atoms with E-state index in [9.17, 15) is 4.79 Å². The second kappa shape index (κ2) is 6.38. The summed E-state index contributed by atoms with van der Waals surface area (Å²) in [5.74, 6) is 1.78. The number of likely N-dealkylation sites (tertiary alicyclic amines) is 1. The summed E-state index contributed by atoms with van der Waals surface area (Å²) in [6, 6.07) is 8.55. The van der Waals surface area contributed by atoms with Gasteiger partial charge in [0.25, 0.3) is 0 Å². The van der Waals surface area contributed by atoms with Crippen LogP contribution in [0.4, 0.5) is 0 Å². The van der Waals surface area contributed by atoms with Crippen LogP contribution in [0.25, 0.3) is 0 Å². The predicted molar refractivity (Wildman–Crippen MR) is 89.5 cm³/mol. The first-order valence-corrected chi connectivity index (χ1v) is 8.90. The number of hydrogen-bond donors (Lipinski definition) is 0. The second-order valence-electron chi connectivity index (χ2n) is 6.91. The van der Waals surface area contributed by atoms with Crippen molar-refractivity contribution in [1.29, 1.82) is 0 Å². The van der Waals surface area contributed by atoms with Crippen molar-refractivity contribution in [3.8, 4) is 0 Å². The second-order valence-corrected chi connectivity index (χ2v) is 6.91. The molecule has 1 saturated heterocycles. The topological polar surface area (TPSA) is 59.2 Å². The van der Waals surface area contributed by atoms with Crippen molar-refractivity contribution in [3.05, 3.63) is 47.1 Å². The molecule has 1 amide bonds. The Balaban J connectivity index is 1.50. The van der Waals surface area contributed by atoms with Crippen LogP contribution in [-0.2, 0) is 11.2 Å². The fourth-order valence-corrected chi connectivity index (χ4v) is 4.18. The van der Waals surface area contributed by atoms with E-state index in [1.807, 2.05) is 4.90 Å². The van der Waals surface area contributed by atoms with Crippen LogP contribution < -0.4 is 0 Å². The average Bonchev–Trinajstić information content (AvgIpc) is 3.24. The summed E-state index contributed by atoms with van der Waals surface area (Å²) < 4.78 is 5.10. The third-order valence-corrected chi connectivity index (χ3v) is 5.33. The molecule has 1 aliphatic carbocycles. The average molecular weight is 325 g/mol. The lowest BCUT2D eigenvalue weighted by Gasteiger charge is -2.28. The Morgan fingerprint density at radius 3 is 3.00 bits per heavy atom. The Kier molecular flexibility index (Phi) is 4.08. The van der Waals surface area contributed by atoms with E-state index in [1.165, 1.54) is 17.5 Å². The van der Waals surface area contributed by atoms with E-state index >= 15 is 0 Å². The fraction of sp³-hybridized carbons (Fsp3) is 0.526. The predicted octanol–water partition coefficient (Wildman–Crippen LogP) is 3.55. The van der Waals surface area contributed by atoms with Crippen molar-refractivity contribution in [2.45, 2.75) is 57.4 Å². The lowest BCUT2D eigenvalue weighted by Crippen LogP contribution is -2.32. The molecular formula is C19H23N3O2. The zero-order valence-corrected chi connectivity index (χ0v) is 14.1. The van der Waals surface area contributed by atoms with Crippen molar-refractivity contribution >= 4 is 5.91 Å². The molecule has 24 heavy (non-hydrogen) atoms. The molecule has 4 rings (SSSR count). The van der Waals surface area contributed by atoms with Crippen LogP contribution in [0.2, 0.25) is 0 Å². The Bertz CT molecular complexity index is 740. The van der Waals surface area contributed by atoms with Gasteiger partial charge in [-0.3, -0.25) is 4.79 Å². The summed E-state index contributed by atoms with van der Waals surface area (Å²) >= 11 is 0. The van der Waals surface area contributed by atoms with Crippen LogP contribution >= 0.6 is 0 Å². The van der Waals surface area contributed by atoms with E-state index in [1.54, 1.807) is 6.92 Å². The summed E-state index contributed by atoms with van der Waals surface area (Å²) in [5.41, 5.74) is 2.77. The fourth-order valence-electron chi connectivity index (χ4n) is 4.18. The van der Waals surface area contributed by atoms with Gasteiger partial charge in [0.2, 0.25) is 11.8 Å². The molecule has 1 aromatic heterocycles. The monoisotopic (exact) mass is 325 g/mol. The van der Waals surface area contributed by atoms with Gasteiger partial charge in [-0.1, -0.05) is 29.4 Å². The van der Waals surface area contributed by atoms with Crippen molar-refractivity contribution in [2.24, 2.45) is 0 Å². The van der Waals surface area contributed by atoms with E-state index in [0.29, 0.717) is 24.1 Å². The van der Waals surface area contributed by atoms with Crippen molar-refractivity contribution in [2.75, 3.05) is 6.54 Å². The van der Waals surface area contributed by atoms with Crippen molar-refractivity contribution < 1.29 is 9.32 Å². The van der Waals surface area contributed by atoms with Gasteiger partial charge in [-0.25, -0.2) is 0 Å². The molecule has 0 saturated carbocycles. The normalized spacial score (nSPS) is 23.3. The van der Waals surface area contributed by atoms with Crippen LogP contribution in [0.3, 0.4) is 0 Å². The van der Waals surface area contributed by atoms with Crippen LogP contribution in [0.1, 0.15) is 66.9 Å². The molecule has 0 spiro atoms. The molecule has 5 heteroatoms. The van der Waals surface area contributed by atoms with Gasteiger partial charge in [0.05, 0.1) is 6.04 Å². The minimum atomic E-state index is -0.0196. The SMILES string of the molecule is Cc1nc([C@@H]2CCCN2C(=O)C[C@@H]2CCCc3ccccc32)no1. The molecule has 2 heterocycles. The number of fused-ring (bicyclic) bond motifs is 1. The first kappa shape index (κ1) is 15.4. The van der Waals surface area contributed by atoms with E-state index in [2.05, 4.69) is 34.4 Å². The Labute approximate surface area is 142 Å². The quantitative estimate of drug-likeness (QED) is 0.866. The molecule has 1 aromatic carbocycles. The van der Waals surface area contributed by atoms with E-state index in [0.717, 1.165) is 32.2 Å². The maximum absolute atomic E-state index is 13.0. The van der Waals surface area contributed by atoms with Crippen LogP contribution in [0.15, 0.2) is 28.8 Å². The molecular weight excluding hydrogens is 302 g/mol. The molecule has 0 unspecified atom stereocenters. The molecule has 0 radical (unpaired) electrons. The van der Waals surface area contributed by atoms with Gasteiger partial charge < -0.3 is 9.42 Å². The molecule has 1 aliphatic heterocycles. The third kappa shape index (κ3) is 2.83. The number of amides is 1. The Hall–Kier alpha value is -2.17. The molecule has 126 valence electrons. The first-order chi connectivity index (χ1) is 11.7. The molecule has 2 aliphatic rings. The molecule has 1 fully saturated rings. The summed E-state index contributed by atoms with van der Waals surface area (Å²) in [5, 5.41) is 4.03. The lowest BCUT2D eigenvalue weighted by atomic mass is 9.81. The van der Waals surface area contributed by atoms with Gasteiger partial charge in [-0.15, -0.1) is 0 Å². The van der Waals surface area contributed by atoms with Crippen LogP contribution in [0.5, 0.6) is 0 Å².